The zero-order chi connectivity index (χ0) is 29.2. The molecule has 1 aromatic heterocycles. The number of nitrogens with zero attached hydrogens (tertiary/aromatic N) is 2. The van der Waals surface area contributed by atoms with Gasteiger partial charge in [0.2, 0.25) is 0 Å². The minimum absolute atomic E-state index is 0.979. The Morgan fingerprint density at radius 3 is 1.61 bits per heavy atom. The Morgan fingerprint density at radius 2 is 0.977 bits per heavy atom. The Kier molecular flexibility index (Phi) is 5.45. The van der Waals surface area contributed by atoms with Crippen LogP contribution in [0.15, 0.2) is 152 Å². The molecule has 44 heavy (non-hydrogen) atoms. The van der Waals surface area contributed by atoms with Crippen LogP contribution in [0.25, 0.3) is 88.1 Å². The van der Waals surface area contributed by atoms with E-state index in [2.05, 4.69) is 157 Å². The molecule has 9 aromatic rings. The summed E-state index contributed by atoms with van der Waals surface area (Å²) in [7, 11) is 2.09. The van der Waals surface area contributed by atoms with E-state index >= 15 is 0 Å². The monoisotopic (exact) mass is 560 g/mol. The predicted molar refractivity (Wildman–Crippen MR) is 186 cm³/mol. The fourth-order valence-corrected chi connectivity index (χ4v) is 6.98. The second-order valence-corrected chi connectivity index (χ2v) is 11.7. The zero-order valence-electron chi connectivity index (χ0n) is 24.3. The Labute approximate surface area is 255 Å². The number of fused-ring (bicyclic) bond motifs is 1. The van der Waals surface area contributed by atoms with E-state index in [1.165, 1.54) is 65.7 Å². The van der Waals surface area contributed by atoms with Crippen molar-refractivity contribution in [3.63, 3.8) is 0 Å². The Balaban J connectivity index is 1.25. The minimum Gasteiger partial charge on any atom is -0.327 e. The first-order valence-electron chi connectivity index (χ1n) is 15.1. The van der Waals surface area contributed by atoms with Gasteiger partial charge in [0.05, 0.1) is 11.0 Å². The molecule has 8 aromatic carbocycles. The average molecular weight is 561 g/mol. The molecule has 206 valence electrons. The molecule has 0 saturated carbocycles. The maximum atomic E-state index is 4.94. The van der Waals surface area contributed by atoms with Gasteiger partial charge in [-0.05, 0) is 83.9 Å². The average Bonchev–Trinajstić information content (AvgIpc) is 3.43. The van der Waals surface area contributed by atoms with E-state index < -0.39 is 0 Å². The highest BCUT2D eigenvalue weighted by molar-refractivity contribution is 6.28. The number of aromatic nitrogens is 2. The van der Waals surface area contributed by atoms with Gasteiger partial charge in [0.1, 0.15) is 5.82 Å². The third-order valence-corrected chi connectivity index (χ3v) is 9.19. The number of benzene rings is 8. The van der Waals surface area contributed by atoms with E-state index in [0.717, 1.165) is 22.4 Å². The van der Waals surface area contributed by atoms with Crippen molar-refractivity contribution in [2.75, 3.05) is 0 Å². The summed E-state index contributed by atoms with van der Waals surface area (Å²) in [5, 5.41) is 7.80. The molecule has 0 aliphatic carbocycles. The molecule has 9 rings (SSSR count). The molecule has 0 spiro atoms. The molecule has 2 nitrogen and oxygen atoms in total. The minimum atomic E-state index is 0.979. The van der Waals surface area contributed by atoms with Crippen molar-refractivity contribution < 1.29 is 0 Å². The van der Waals surface area contributed by atoms with Crippen LogP contribution in [0.5, 0.6) is 0 Å². The molecule has 2 heteroatoms. The third kappa shape index (κ3) is 3.78. The standard InChI is InChI=1S/C42H28N2/c1-44-39-13-6-5-12-38(39)43-42(44)33-20-18-30(19-21-33)37-26-36(29-16-14-28(15-17-29)27-8-3-2-4-9-27)34-24-22-31-10-7-11-32-23-25-35(37)41(34)40(31)32/h2-26H,1H3. The van der Waals surface area contributed by atoms with Crippen LogP contribution in [0, 0.1) is 0 Å². The van der Waals surface area contributed by atoms with Crippen LogP contribution in [-0.2, 0) is 7.05 Å². The lowest BCUT2D eigenvalue weighted by atomic mass is 9.85. The summed E-state index contributed by atoms with van der Waals surface area (Å²) in [5.74, 6) is 0.979. The molecule has 0 saturated heterocycles. The Hall–Kier alpha value is -5.73. The summed E-state index contributed by atoms with van der Waals surface area (Å²) >= 11 is 0. The van der Waals surface area contributed by atoms with Crippen molar-refractivity contribution in [2.45, 2.75) is 0 Å². The van der Waals surface area contributed by atoms with E-state index in [1.54, 1.807) is 0 Å². The SMILES string of the molecule is Cn1c(-c2ccc(-c3cc(-c4ccc(-c5ccccc5)cc4)c4ccc5cccc6ccc3c4c56)cc2)nc2ccccc21. The third-order valence-electron chi connectivity index (χ3n) is 9.19. The van der Waals surface area contributed by atoms with Gasteiger partial charge in [0.25, 0.3) is 0 Å². The summed E-state index contributed by atoms with van der Waals surface area (Å²) in [6.07, 6.45) is 0. The quantitative estimate of drug-likeness (QED) is 0.196. The molecular weight excluding hydrogens is 532 g/mol. The molecule has 0 radical (unpaired) electrons. The van der Waals surface area contributed by atoms with Crippen molar-refractivity contribution in [2.24, 2.45) is 7.05 Å². The lowest BCUT2D eigenvalue weighted by molar-refractivity contribution is 0.959. The second-order valence-electron chi connectivity index (χ2n) is 11.7. The maximum Gasteiger partial charge on any atom is 0.140 e. The van der Waals surface area contributed by atoms with Crippen molar-refractivity contribution >= 4 is 43.4 Å². The highest BCUT2D eigenvalue weighted by Crippen LogP contribution is 2.44. The first-order valence-corrected chi connectivity index (χ1v) is 15.1. The van der Waals surface area contributed by atoms with E-state index in [9.17, 15) is 0 Å². The molecule has 0 aliphatic rings. The lowest BCUT2D eigenvalue weighted by Crippen LogP contribution is -1.93. The molecule has 0 amide bonds. The molecule has 0 aliphatic heterocycles. The van der Waals surface area contributed by atoms with Crippen LogP contribution in [0.2, 0.25) is 0 Å². The van der Waals surface area contributed by atoms with Crippen LogP contribution in [-0.4, -0.2) is 9.55 Å². The van der Waals surface area contributed by atoms with Gasteiger partial charge in [-0.1, -0.05) is 133 Å². The molecule has 0 fully saturated rings. The van der Waals surface area contributed by atoms with Gasteiger partial charge >= 0.3 is 0 Å². The molecule has 0 unspecified atom stereocenters. The van der Waals surface area contributed by atoms with E-state index in [1.807, 2.05) is 6.07 Å². The number of imidazole rings is 1. The topological polar surface area (TPSA) is 17.8 Å². The fraction of sp³-hybridized carbons (Fsp3) is 0.0238. The maximum absolute atomic E-state index is 4.94. The summed E-state index contributed by atoms with van der Waals surface area (Å²) in [5.41, 5.74) is 10.7. The van der Waals surface area contributed by atoms with Crippen molar-refractivity contribution in [3.05, 3.63) is 152 Å². The fourth-order valence-electron chi connectivity index (χ4n) is 6.98. The normalized spacial score (nSPS) is 11.8. The number of aryl methyl sites for hydroxylation is 1. The van der Waals surface area contributed by atoms with Crippen LogP contribution < -0.4 is 0 Å². The summed E-state index contributed by atoms with van der Waals surface area (Å²) in [6.45, 7) is 0. The number of rotatable bonds is 4. The van der Waals surface area contributed by atoms with Crippen LogP contribution in [0.1, 0.15) is 0 Å². The van der Waals surface area contributed by atoms with Gasteiger partial charge in [0, 0.05) is 12.6 Å². The number of hydrogen-bond donors (Lipinski definition) is 0. The molecule has 0 atom stereocenters. The second kappa shape index (κ2) is 9.65. The highest BCUT2D eigenvalue weighted by atomic mass is 15.1. The first kappa shape index (κ1) is 24.8. The van der Waals surface area contributed by atoms with Crippen molar-refractivity contribution in [1.82, 2.24) is 9.55 Å². The highest BCUT2D eigenvalue weighted by Gasteiger charge is 2.17. The Morgan fingerprint density at radius 1 is 0.432 bits per heavy atom. The summed E-state index contributed by atoms with van der Waals surface area (Å²) < 4.78 is 2.18. The van der Waals surface area contributed by atoms with Gasteiger partial charge in [-0.15, -0.1) is 0 Å². The van der Waals surface area contributed by atoms with Gasteiger partial charge in [-0.25, -0.2) is 4.98 Å². The molecular formula is C42H28N2. The summed E-state index contributed by atoms with van der Waals surface area (Å²) in [4.78, 5) is 4.94. The predicted octanol–water partition coefficient (Wildman–Crippen LogP) is 11.1. The smallest absolute Gasteiger partial charge is 0.140 e. The molecule has 0 N–H and O–H groups in total. The molecule has 1 heterocycles. The van der Waals surface area contributed by atoms with E-state index in [-0.39, 0.29) is 0 Å². The Bertz CT molecular complexity index is 2450. The largest absolute Gasteiger partial charge is 0.327 e. The van der Waals surface area contributed by atoms with Crippen LogP contribution in [0.4, 0.5) is 0 Å². The number of para-hydroxylation sites is 2. The van der Waals surface area contributed by atoms with Crippen LogP contribution in [0.3, 0.4) is 0 Å². The van der Waals surface area contributed by atoms with Crippen molar-refractivity contribution in [1.29, 1.82) is 0 Å². The van der Waals surface area contributed by atoms with Gasteiger partial charge in [0.15, 0.2) is 0 Å². The van der Waals surface area contributed by atoms with Gasteiger partial charge in [-0.3, -0.25) is 0 Å². The van der Waals surface area contributed by atoms with Gasteiger partial charge in [-0.2, -0.15) is 0 Å². The summed E-state index contributed by atoms with van der Waals surface area (Å²) in [6, 6.07) is 55.0. The zero-order valence-corrected chi connectivity index (χ0v) is 24.3. The number of hydrogen-bond acceptors (Lipinski definition) is 1. The van der Waals surface area contributed by atoms with Crippen LogP contribution >= 0.6 is 0 Å². The lowest BCUT2D eigenvalue weighted by Gasteiger charge is -2.18. The van der Waals surface area contributed by atoms with E-state index in [0.29, 0.717) is 0 Å². The van der Waals surface area contributed by atoms with Gasteiger partial charge < -0.3 is 4.57 Å². The first-order chi connectivity index (χ1) is 21.7. The van der Waals surface area contributed by atoms with E-state index in [4.69, 9.17) is 4.98 Å². The van der Waals surface area contributed by atoms with Crippen molar-refractivity contribution in [3.8, 4) is 44.8 Å². The molecule has 0 bridgehead atoms.